The summed E-state index contributed by atoms with van der Waals surface area (Å²) in [4.78, 5) is 6.78. The lowest BCUT2D eigenvalue weighted by Gasteiger charge is -2.21. The van der Waals surface area contributed by atoms with Gasteiger partial charge in [-0.05, 0) is 44.7 Å². The van der Waals surface area contributed by atoms with Gasteiger partial charge in [0.25, 0.3) is 0 Å². The molecule has 0 spiro atoms. The van der Waals surface area contributed by atoms with Gasteiger partial charge in [-0.15, -0.1) is 10.2 Å². The number of oxazole rings is 1. The standard InChI is InChI=1S/C25H28N6O2S/c1-16-11-21(29-33-16)18-5-7-19(8-6-18)25-12-20(25)13-31(14-25)9-4-10-34-24-28-27-23(30(24)3)22-17(2)26-15-32-22/h5-8,11,15,20H,4,9-10,12-14H2,1-3H3/t20-,25?/m1/s1. The largest absolute Gasteiger partial charge is 0.440 e. The van der Waals surface area contributed by atoms with E-state index in [0.29, 0.717) is 11.2 Å². The Bertz CT molecular complexity index is 1310. The van der Waals surface area contributed by atoms with Crippen molar-refractivity contribution < 1.29 is 8.94 Å². The maximum Gasteiger partial charge on any atom is 0.202 e. The number of benzene rings is 1. The molecule has 8 nitrogen and oxygen atoms in total. The summed E-state index contributed by atoms with van der Waals surface area (Å²) < 4.78 is 12.7. The first-order valence-corrected chi connectivity index (χ1v) is 12.7. The number of hydrogen-bond donors (Lipinski definition) is 0. The zero-order valence-corrected chi connectivity index (χ0v) is 20.5. The summed E-state index contributed by atoms with van der Waals surface area (Å²) >= 11 is 1.75. The van der Waals surface area contributed by atoms with Crippen molar-refractivity contribution in [3.8, 4) is 22.8 Å². The van der Waals surface area contributed by atoms with Crippen LogP contribution in [0.4, 0.5) is 0 Å². The molecule has 4 aromatic rings. The number of aryl methyl sites for hydroxylation is 2. The molecule has 34 heavy (non-hydrogen) atoms. The van der Waals surface area contributed by atoms with Gasteiger partial charge in [-0.1, -0.05) is 41.2 Å². The molecule has 9 heteroatoms. The van der Waals surface area contributed by atoms with E-state index in [9.17, 15) is 0 Å². The molecule has 1 aromatic carbocycles. The van der Waals surface area contributed by atoms with Gasteiger partial charge in [0.1, 0.15) is 11.5 Å². The molecule has 176 valence electrons. The number of piperidine rings is 1. The van der Waals surface area contributed by atoms with Crippen LogP contribution in [0.2, 0.25) is 0 Å². The van der Waals surface area contributed by atoms with Crippen molar-refractivity contribution >= 4 is 11.8 Å². The highest BCUT2D eigenvalue weighted by Gasteiger charge is 2.60. The first-order chi connectivity index (χ1) is 16.5. The van der Waals surface area contributed by atoms with Crippen LogP contribution in [0.25, 0.3) is 22.8 Å². The van der Waals surface area contributed by atoms with Crippen LogP contribution < -0.4 is 0 Å². The average Bonchev–Trinajstić information content (AvgIpc) is 3.31. The normalized spacial score (nSPS) is 21.8. The minimum Gasteiger partial charge on any atom is -0.440 e. The lowest BCUT2D eigenvalue weighted by Crippen LogP contribution is -2.27. The van der Waals surface area contributed by atoms with Crippen molar-refractivity contribution in [2.75, 3.05) is 25.4 Å². The second-order valence-corrected chi connectivity index (χ2v) is 10.6. The highest BCUT2D eigenvalue weighted by molar-refractivity contribution is 7.99. The second kappa shape index (κ2) is 8.39. The Morgan fingerprint density at radius 3 is 2.76 bits per heavy atom. The van der Waals surface area contributed by atoms with Crippen LogP contribution in [0, 0.1) is 19.8 Å². The third-order valence-electron chi connectivity index (χ3n) is 7.23. The van der Waals surface area contributed by atoms with Crippen molar-refractivity contribution in [1.82, 2.24) is 29.8 Å². The van der Waals surface area contributed by atoms with E-state index >= 15 is 0 Å². The summed E-state index contributed by atoms with van der Waals surface area (Å²) in [6.45, 7) is 7.32. The number of rotatable bonds is 8. The van der Waals surface area contributed by atoms with E-state index in [1.165, 1.54) is 24.9 Å². The summed E-state index contributed by atoms with van der Waals surface area (Å²) in [7, 11) is 1.98. The molecule has 6 rings (SSSR count). The summed E-state index contributed by atoms with van der Waals surface area (Å²) in [6.07, 6.45) is 3.89. The van der Waals surface area contributed by atoms with Gasteiger partial charge in [0.15, 0.2) is 17.3 Å². The number of fused-ring (bicyclic) bond motifs is 1. The minimum absolute atomic E-state index is 0.346. The fourth-order valence-corrected chi connectivity index (χ4v) is 6.12. The number of aromatic nitrogens is 5. The Morgan fingerprint density at radius 1 is 1.18 bits per heavy atom. The summed E-state index contributed by atoms with van der Waals surface area (Å²) in [6, 6.07) is 10.9. The average molecular weight is 477 g/mol. The van der Waals surface area contributed by atoms with Gasteiger partial charge in [0.05, 0.1) is 5.69 Å². The highest BCUT2D eigenvalue weighted by atomic mass is 32.2. The zero-order chi connectivity index (χ0) is 23.3. The van der Waals surface area contributed by atoms with E-state index in [2.05, 4.69) is 49.5 Å². The molecule has 1 aliphatic carbocycles. The molecule has 0 amide bonds. The van der Waals surface area contributed by atoms with Gasteiger partial charge in [0.2, 0.25) is 5.82 Å². The van der Waals surface area contributed by atoms with Crippen LogP contribution in [-0.4, -0.2) is 55.2 Å². The summed E-state index contributed by atoms with van der Waals surface area (Å²) in [5.41, 5.74) is 4.67. The molecule has 4 heterocycles. The monoisotopic (exact) mass is 476 g/mol. The van der Waals surface area contributed by atoms with Gasteiger partial charge < -0.3 is 18.4 Å². The molecular formula is C25H28N6O2S. The lowest BCUT2D eigenvalue weighted by atomic mass is 9.93. The number of likely N-dealkylation sites (tertiary alicyclic amines) is 1. The van der Waals surface area contributed by atoms with E-state index in [0.717, 1.165) is 64.9 Å². The van der Waals surface area contributed by atoms with Crippen LogP contribution in [0.3, 0.4) is 0 Å². The predicted octanol–water partition coefficient (Wildman–Crippen LogP) is 4.50. The quantitative estimate of drug-likeness (QED) is 0.271. The molecule has 2 atom stereocenters. The van der Waals surface area contributed by atoms with Crippen molar-refractivity contribution in [1.29, 1.82) is 0 Å². The molecule has 2 fully saturated rings. The predicted molar refractivity (Wildman–Crippen MR) is 129 cm³/mol. The summed E-state index contributed by atoms with van der Waals surface area (Å²) in [5.74, 6) is 4.05. The molecule has 1 saturated heterocycles. The fourth-order valence-electron chi connectivity index (χ4n) is 5.29. The fraction of sp³-hybridized carbons (Fsp3) is 0.440. The van der Waals surface area contributed by atoms with Crippen LogP contribution in [0.5, 0.6) is 0 Å². The van der Waals surface area contributed by atoms with Crippen molar-refractivity contribution in [2.24, 2.45) is 13.0 Å². The van der Waals surface area contributed by atoms with Crippen LogP contribution in [-0.2, 0) is 12.5 Å². The van der Waals surface area contributed by atoms with E-state index in [1.807, 2.05) is 31.5 Å². The minimum atomic E-state index is 0.346. The van der Waals surface area contributed by atoms with Gasteiger partial charge in [0, 0.05) is 42.9 Å². The Morgan fingerprint density at radius 2 is 2.03 bits per heavy atom. The van der Waals surface area contributed by atoms with Crippen molar-refractivity contribution in [3.05, 3.63) is 53.7 Å². The van der Waals surface area contributed by atoms with Gasteiger partial charge in [-0.25, -0.2) is 4.98 Å². The molecule has 0 N–H and O–H groups in total. The molecule has 0 radical (unpaired) electrons. The molecule has 3 aromatic heterocycles. The first kappa shape index (κ1) is 21.6. The Hall–Kier alpha value is -2.91. The lowest BCUT2D eigenvalue weighted by molar-refractivity contribution is 0.299. The van der Waals surface area contributed by atoms with E-state index in [1.54, 1.807) is 11.8 Å². The molecular weight excluding hydrogens is 448 g/mol. The van der Waals surface area contributed by atoms with Crippen molar-refractivity contribution in [3.63, 3.8) is 0 Å². The molecule has 1 unspecified atom stereocenters. The number of thioether (sulfide) groups is 1. The number of hydrogen-bond acceptors (Lipinski definition) is 8. The Kier molecular flexibility index (Phi) is 5.33. The molecule has 1 saturated carbocycles. The van der Waals surface area contributed by atoms with E-state index in [4.69, 9.17) is 8.94 Å². The third-order valence-corrected chi connectivity index (χ3v) is 8.34. The second-order valence-electron chi connectivity index (χ2n) is 9.53. The van der Waals surface area contributed by atoms with E-state index in [-0.39, 0.29) is 0 Å². The van der Waals surface area contributed by atoms with Gasteiger partial charge >= 0.3 is 0 Å². The third kappa shape index (κ3) is 3.76. The highest BCUT2D eigenvalue weighted by Crippen LogP contribution is 2.59. The SMILES string of the molecule is Cc1cc(-c2ccc(C34C[C@@H]3CN(CCCSc3nnc(-c5ocnc5C)n3C)C4)cc2)no1. The Balaban J connectivity index is 1.02. The molecule has 1 aliphatic heterocycles. The summed E-state index contributed by atoms with van der Waals surface area (Å²) in [5, 5.41) is 13.7. The zero-order valence-electron chi connectivity index (χ0n) is 19.7. The van der Waals surface area contributed by atoms with Gasteiger partial charge in [-0.2, -0.15) is 0 Å². The van der Waals surface area contributed by atoms with Crippen LogP contribution in [0.1, 0.15) is 29.9 Å². The Labute approximate surface area is 202 Å². The molecule has 2 aliphatic rings. The van der Waals surface area contributed by atoms with Gasteiger partial charge in [-0.3, -0.25) is 0 Å². The van der Waals surface area contributed by atoms with Crippen molar-refractivity contribution in [2.45, 2.75) is 37.3 Å². The van der Waals surface area contributed by atoms with Crippen LogP contribution >= 0.6 is 11.8 Å². The smallest absolute Gasteiger partial charge is 0.202 e. The van der Waals surface area contributed by atoms with E-state index < -0.39 is 0 Å². The van der Waals surface area contributed by atoms with Crippen LogP contribution in [0.15, 0.2) is 50.8 Å². The number of nitrogens with zero attached hydrogens (tertiary/aromatic N) is 6. The topological polar surface area (TPSA) is 86.0 Å². The first-order valence-electron chi connectivity index (χ1n) is 11.7. The molecule has 0 bridgehead atoms. The maximum absolute atomic E-state index is 5.47. The maximum atomic E-state index is 5.47.